The van der Waals surface area contributed by atoms with Crippen molar-refractivity contribution in [3.63, 3.8) is 0 Å². The van der Waals surface area contributed by atoms with Crippen LogP contribution >= 0.6 is 0 Å². The first kappa shape index (κ1) is 14.4. The van der Waals surface area contributed by atoms with Crippen molar-refractivity contribution >= 4 is 11.8 Å². The lowest BCUT2D eigenvalue weighted by molar-refractivity contribution is -0.157. The number of ether oxygens (including phenoxy) is 1. The van der Waals surface area contributed by atoms with Gasteiger partial charge in [0.1, 0.15) is 11.5 Å². The predicted molar refractivity (Wildman–Crippen MR) is 68.3 cm³/mol. The number of aryl methyl sites for hydroxylation is 1. The van der Waals surface area contributed by atoms with E-state index in [0.717, 1.165) is 5.56 Å². The van der Waals surface area contributed by atoms with Gasteiger partial charge in [-0.15, -0.1) is 0 Å². The molecule has 4 heteroatoms. The van der Waals surface area contributed by atoms with Crippen LogP contribution < -0.4 is 0 Å². The normalized spacial score (nSPS) is 12.9. The fraction of sp³-hybridized carbons (Fsp3) is 0.500. The van der Waals surface area contributed by atoms with Crippen molar-refractivity contribution in [2.75, 3.05) is 0 Å². The highest BCUT2D eigenvalue weighted by molar-refractivity contribution is 6.09. The van der Waals surface area contributed by atoms with E-state index in [1.807, 2.05) is 0 Å². The molecular weight excluding hydrogens is 230 g/mol. The predicted octanol–water partition coefficient (Wildman–Crippen LogP) is 2.55. The van der Waals surface area contributed by atoms with Gasteiger partial charge in [-0.25, -0.2) is 0 Å². The maximum Gasteiger partial charge on any atom is 0.317 e. The second kappa shape index (κ2) is 5.29. The van der Waals surface area contributed by atoms with Crippen LogP contribution in [0.15, 0.2) is 18.5 Å². The number of carbonyl (C=O) groups excluding carboxylic acids is 2. The molecule has 18 heavy (non-hydrogen) atoms. The average Bonchev–Trinajstić information content (AvgIpc) is 2.25. The Labute approximate surface area is 107 Å². The van der Waals surface area contributed by atoms with E-state index in [0.29, 0.717) is 5.56 Å². The fourth-order valence-electron chi connectivity index (χ4n) is 1.48. The number of hydrogen-bond acceptors (Lipinski definition) is 4. The van der Waals surface area contributed by atoms with Crippen LogP contribution in [0, 0.1) is 12.8 Å². The molecule has 1 atom stereocenters. The minimum Gasteiger partial charge on any atom is -0.459 e. The molecule has 0 aliphatic heterocycles. The first-order chi connectivity index (χ1) is 8.22. The van der Waals surface area contributed by atoms with E-state index < -0.39 is 17.5 Å². The van der Waals surface area contributed by atoms with Crippen LogP contribution in [0.3, 0.4) is 0 Å². The van der Waals surface area contributed by atoms with Crippen molar-refractivity contribution in [2.45, 2.75) is 40.2 Å². The second-order valence-electron chi connectivity index (χ2n) is 5.31. The number of ketones is 1. The summed E-state index contributed by atoms with van der Waals surface area (Å²) in [4.78, 5) is 27.9. The maximum absolute atomic E-state index is 12.2. The Morgan fingerprint density at radius 1 is 1.33 bits per heavy atom. The van der Waals surface area contributed by atoms with E-state index in [1.54, 1.807) is 53.1 Å². The van der Waals surface area contributed by atoms with Crippen molar-refractivity contribution in [3.05, 3.63) is 29.6 Å². The van der Waals surface area contributed by atoms with Crippen molar-refractivity contribution in [1.29, 1.82) is 0 Å². The number of rotatable bonds is 3. The molecule has 0 aromatic carbocycles. The van der Waals surface area contributed by atoms with Crippen molar-refractivity contribution in [2.24, 2.45) is 5.92 Å². The maximum atomic E-state index is 12.2. The molecule has 0 bridgehead atoms. The van der Waals surface area contributed by atoms with Gasteiger partial charge >= 0.3 is 5.97 Å². The zero-order valence-electron chi connectivity index (χ0n) is 11.5. The summed E-state index contributed by atoms with van der Waals surface area (Å²) in [5.41, 5.74) is 0.695. The molecule has 1 rings (SSSR count). The monoisotopic (exact) mass is 249 g/mol. The molecule has 0 saturated carbocycles. The highest BCUT2D eigenvalue weighted by Gasteiger charge is 2.28. The van der Waals surface area contributed by atoms with E-state index >= 15 is 0 Å². The summed E-state index contributed by atoms with van der Waals surface area (Å²) in [6, 6.07) is 1.62. The summed E-state index contributed by atoms with van der Waals surface area (Å²) in [5.74, 6) is -1.53. The van der Waals surface area contributed by atoms with Gasteiger partial charge in [0.2, 0.25) is 0 Å². The molecule has 1 aromatic heterocycles. The summed E-state index contributed by atoms with van der Waals surface area (Å²) < 4.78 is 5.21. The number of hydrogen-bond donors (Lipinski definition) is 0. The average molecular weight is 249 g/mol. The van der Waals surface area contributed by atoms with Gasteiger partial charge in [-0.2, -0.15) is 0 Å². The minimum atomic E-state index is -0.801. The first-order valence-corrected chi connectivity index (χ1v) is 5.90. The molecule has 0 fully saturated rings. The Balaban J connectivity index is 2.85. The van der Waals surface area contributed by atoms with Crippen LogP contribution in [0.25, 0.3) is 0 Å². The van der Waals surface area contributed by atoms with Gasteiger partial charge < -0.3 is 4.74 Å². The Kier molecular flexibility index (Phi) is 4.22. The molecular formula is C14H19NO3. The van der Waals surface area contributed by atoms with Crippen LogP contribution in [-0.4, -0.2) is 22.3 Å². The number of carbonyl (C=O) groups is 2. The van der Waals surface area contributed by atoms with Crippen molar-refractivity contribution in [3.8, 4) is 0 Å². The highest BCUT2D eigenvalue weighted by atomic mass is 16.6. The number of nitrogens with zero attached hydrogens (tertiary/aromatic N) is 1. The van der Waals surface area contributed by atoms with Crippen molar-refractivity contribution < 1.29 is 14.3 Å². The van der Waals surface area contributed by atoms with Crippen LogP contribution in [0.5, 0.6) is 0 Å². The second-order valence-corrected chi connectivity index (χ2v) is 5.31. The Morgan fingerprint density at radius 3 is 2.44 bits per heavy atom. The van der Waals surface area contributed by atoms with Crippen LogP contribution in [0.4, 0.5) is 0 Å². The lowest BCUT2D eigenvalue weighted by atomic mass is 9.97. The van der Waals surface area contributed by atoms with E-state index in [-0.39, 0.29) is 5.78 Å². The van der Waals surface area contributed by atoms with Gasteiger partial charge in [-0.1, -0.05) is 0 Å². The number of Topliss-reactive ketones (excluding diaryl/α,β-unsaturated/α-hetero) is 1. The fourth-order valence-corrected chi connectivity index (χ4v) is 1.48. The smallest absolute Gasteiger partial charge is 0.317 e. The molecule has 4 nitrogen and oxygen atoms in total. The van der Waals surface area contributed by atoms with E-state index in [9.17, 15) is 9.59 Å². The third-order valence-corrected chi connectivity index (χ3v) is 2.44. The molecule has 0 saturated heterocycles. The van der Waals surface area contributed by atoms with Gasteiger partial charge in [-0.3, -0.25) is 14.6 Å². The van der Waals surface area contributed by atoms with E-state index in [1.165, 1.54) is 0 Å². The van der Waals surface area contributed by atoms with Gasteiger partial charge in [0.15, 0.2) is 5.78 Å². The molecule has 1 heterocycles. The first-order valence-electron chi connectivity index (χ1n) is 5.90. The molecule has 0 spiro atoms. The van der Waals surface area contributed by atoms with E-state index in [2.05, 4.69) is 4.98 Å². The van der Waals surface area contributed by atoms with Gasteiger partial charge in [0.25, 0.3) is 0 Å². The van der Waals surface area contributed by atoms with Gasteiger partial charge in [-0.05, 0) is 46.2 Å². The molecule has 1 aromatic rings. The Bertz CT molecular complexity index is 460. The summed E-state index contributed by atoms with van der Waals surface area (Å²) in [6.07, 6.45) is 3.15. The number of aromatic nitrogens is 1. The molecule has 98 valence electrons. The number of pyridine rings is 1. The lowest BCUT2D eigenvalue weighted by Crippen LogP contribution is -2.31. The Morgan fingerprint density at radius 2 is 1.94 bits per heavy atom. The summed E-state index contributed by atoms with van der Waals surface area (Å²) in [7, 11) is 0. The minimum absolute atomic E-state index is 0.232. The summed E-state index contributed by atoms with van der Waals surface area (Å²) in [6.45, 7) is 8.69. The van der Waals surface area contributed by atoms with Gasteiger partial charge in [0.05, 0.1) is 0 Å². The van der Waals surface area contributed by atoms with Crippen LogP contribution in [0.1, 0.15) is 43.6 Å². The molecule has 0 radical (unpaired) electrons. The quantitative estimate of drug-likeness (QED) is 0.469. The topological polar surface area (TPSA) is 56.3 Å². The summed E-state index contributed by atoms with van der Waals surface area (Å²) >= 11 is 0. The zero-order valence-corrected chi connectivity index (χ0v) is 11.5. The standard InChI is InChI=1S/C14H19NO3/c1-9-8-15-7-6-11(9)12(16)10(2)13(17)18-14(3,4)5/h6-8,10H,1-5H3. The Hall–Kier alpha value is -1.71. The SMILES string of the molecule is Cc1cnccc1C(=O)C(C)C(=O)OC(C)(C)C. The van der Waals surface area contributed by atoms with Crippen LogP contribution in [-0.2, 0) is 9.53 Å². The van der Waals surface area contributed by atoms with Crippen LogP contribution in [0.2, 0.25) is 0 Å². The van der Waals surface area contributed by atoms with Crippen molar-refractivity contribution in [1.82, 2.24) is 4.98 Å². The number of esters is 1. The van der Waals surface area contributed by atoms with E-state index in [4.69, 9.17) is 4.74 Å². The summed E-state index contributed by atoms with van der Waals surface area (Å²) in [5, 5.41) is 0. The van der Waals surface area contributed by atoms with Gasteiger partial charge in [0, 0.05) is 18.0 Å². The largest absolute Gasteiger partial charge is 0.459 e. The zero-order chi connectivity index (χ0) is 13.9. The molecule has 0 N–H and O–H groups in total. The molecule has 1 unspecified atom stereocenters. The lowest BCUT2D eigenvalue weighted by Gasteiger charge is -2.22. The molecule has 0 aliphatic carbocycles. The molecule has 0 aliphatic rings. The third kappa shape index (κ3) is 3.65. The highest BCUT2D eigenvalue weighted by Crippen LogP contribution is 2.16. The molecule has 0 amide bonds. The third-order valence-electron chi connectivity index (χ3n) is 2.44.